The standard InChI is InChI=1S/C11H15N5O4/c1-6-9(16-20-14-6)10(17)12-7(2)11-13-8(15-19-11)4-5-18-3/h7H,4-5H2,1-3H3,(H,12,17)/t7-/m1/s1. The number of amides is 1. The molecule has 0 bridgehead atoms. The van der Waals surface area contributed by atoms with Gasteiger partial charge in [-0.05, 0) is 19.0 Å². The Balaban J connectivity index is 1.97. The fourth-order valence-electron chi connectivity index (χ4n) is 1.50. The Morgan fingerprint density at radius 1 is 1.40 bits per heavy atom. The van der Waals surface area contributed by atoms with Gasteiger partial charge < -0.3 is 14.6 Å². The lowest BCUT2D eigenvalue weighted by molar-refractivity contribution is 0.0922. The number of nitrogens with zero attached hydrogens (tertiary/aromatic N) is 4. The average Bonchev–Trinajstić information content (AvgIpc) is 3.04. The van der Waals surface area contributed by atoms with E-state index in [9.17, 15) is 4.79 Å². The van der Waals surface area contributed by atoms with Crippen molar-refractivity contribution in [3.8, 4) is 0 Å². The van der Waals surface area contributed by atoms with Gasteiger partial charge in [0.2, 0.25) is 5.89 Å². The number of carbonyl (C=O) groups excluding carboxylic acids is 1. The molecule has 0 aromatic carbocycles. The zero-order chi connectivity index (χ0) is 14.5. The van der Waals surface area contributed by atoms with E-state index in [4.69, 9.17) is 9.26 Å². The van der Waals surface area contributed by atoms with Gasteiger partial charge in [-0.3, -0.25) is 4.79 Å². The molecule has 0 unspecified atom stereocenters. The van der Waals surface area contributed by atoms with Crippen LogP contribution in [0, 0.1) is 6.92 Å². The fourth-order valence-corrected chi connectivity index (χ4v) is 1.50. The van der Waals surface area contributed by atoms with E-state index in [1.807, 2.05) is 0 Å². The minimum atomic E-state index is -0.442. The Hall–Kier alpha value is -2.29. The highest BCUT2D eigenvalue weighted by molar-refractivity contribution is 5.93. The third-order valence-electron chi connectivity index (χ3n) is 2.60. The van der Waals surface area contributed by atoms with Crippen LogP contribution in [0.25, 0.3) is 0 Å². The summed E-state index contributed by atoms with van der Waals surface area (Å²) in [6.07, 6.45) is 0.549. The molecule has 2 aromatic rings. The molecule has 0 radical (unpaired) electrons. The largest absolute Gasteiger partial charge is 0.384 e. The first-order chi connectivity index (χ1) is 9.61. The molecule has 0 aliphatic heterocycles. The molecule has 1 N–H and O–H groups in total. The molecular weight excluding hydrogens is 266 g/mol. The van der Waals surface area contributed by atoms with Crippen molar-refractivity contribution in [3.63, 3.8) is 0 Å². The third-order valence-corrected chi connectivity index (χ3v) is 2.60. The highest BCUT2D eigenvalue weighted by Gasteiger charge is 2.21. The first-order valence-electron chi connectivity index (χ1n) is 6.03. The van der Waals surface area contributed by atoms with E-state index < -0.39 is 11.9 Å². The minimum absolute atomic E-state index is 0.135. The van der Waals surface area contributed by atoms with Crippen molar-refractivity contribution in [2.45, 2.75) is 26.3 Å². The normalized spacial score (nSPS) is 12.3. The number of nitrogens with one attached hydrogen (secondary N) is 1. The summed E-state index contributed by atoms with van der Waals surface area (Å²) in [6, 6.07) is -0.442. The second-order valence-electron chi connectivity index (χ2n) is 4.19. The van der Waals surface area contributed by atoms with Crippen LogP contribution < -0.4 is 5.32 Å². The van der Waals surface area contributed by atoms with Gasteiger partial charge in [0.25, 0.3) is 5.91 Å². The van der Waals surface area contributed by atoms with Crippen LogP contribution in [-0.4, -0.2) is 40.1 Å². The summed E-state index contributed by atoms with van der Waals surface area (Å²) in [6.45, 7) is 3.86. The van der Waals surface area contributed by atoms with Gasteiger partial charge in [-0.25, -0.2) is 4.63 Å². The number of carbonyl (C=O) groups is 1. The van der Waals surface area contributed by atoms with E-state index >= 15 is 0 Å². The number of rotatable bonds is 6. The smallest absolute Gasteiger partial charge is 0.276 e. The maximum Gasteiger partial charge on any atom is 0.276 e. The molecule has 0 spiro atoms. The molecule has 0 fully saturated rings. The summed E-state index contributed by atoms with van der Waals surface area (Å²) in [5, 5.41) is 13.5. The lowest BCUT2D eigenvalue weighted by Crippen LogP contribution is -2.27. The third kappa shape index (κ3) is 3.18. The average molecular weight is 281 g/mol. The van der Waals surface area contributed by atoms with E-state index in [2.05, 4.69) is 30.4 Å². The van der Waals surface area contributed by atoms with Crippen LogP contribution in [0.3, 0.4) is 0 Å². The van der Waals surface area contributed by atoms with Gasteiger partial charge in [-0.2, -0.15) is 4.98 Å². The van der Waals surface area contributed by atoms with Crippen LogP contribution in [0.1, 0.15) is 40.9 Å². The lowest BCUT2D eigenvalue weighted by Gasteiger charge is -2.07. The Kier molecular flexibility index (Phi) is 4.41. The molecule has 2 rings (SSSR count). The van der Waals surface area contributed by atoms with Crippen molar-refractivity contribution in [1.82, 2.24) is 25.8 Å². The highest BCUT2D eigenvalue weighted by Crippen LogP contribution is 2.11. The Labute approximate surface area is 114 Å². The van der Waals surface area contributed by atoms with Gasteiger partial charge in [0.05, 0.1) is 6.61 Å². The van der Waals surface area contributed by atoms with Crippen LogP contribution in [-0.2, 0) is 11.2 Å². The van der Waals surface area contributed by atoms with Crippen molar-refractivity contribution in [3.05, 3.63) is 23.1 Å². The van der Waals surface area contributed by atoms with Crippen molar-refractivity contribution in [1.29, 1.82) is 0 Å². The first kappa shape index (κ1) is 14.1. The molecule has 9 heteroatoms. The van der Waals surface area contributed by atoms with E-state index in [1.165, 1.54) is 0 Å². The van der Waals surface area contributed by atoms with Gasteiger partial charge >= 0.3 is 0 Å². The predicted octanol–water partition coefficient (Wildman–Crippen LogP) is 0.441. The molecule has 20 heavy (non-hydrogen) atoms. The number of aromatic nitrogens is 4. The van der Waals surface area contributed by atoms with Gasteiger partial charge in [0, 0.05) is 13.5 Å². The van der Waals surface area contributed by atoms with Crippen molar-refractivity contribution in [2.75, 3.05) is 13.7 Å². The summed E-state index contributed by atoms with van der Waals surface area (Å²) in [5.41, 5.74) is 0.553. The number of methoxy groups -OCH3 is 1. The maximum absolute atomic E-state index is 11.9. The summed E-state index contributed by atoms with van der Waals surface area (Å²) >= 11 is 0. The van der Waals surface area contributed by atoms with E-state index in [-0.39, 0.29) is 5.69 Å². The second-order valence-corrected chi connectivity index (χ2v) is 4.19. The molecule has 0 aliphatic carbocycles. The van der Waals surface area contributed by atoms with E-state index in [0.29, 0.717) is 30.4 Å². The molecule has 108 valence electrons. The second kappa shape index (κ2) is 6.24. The van der Waals surface area contributed by atoms with Gasteiger partial charge in [0.1, 0.15) is 11.7 Å². The van der Waals surface area contributed by atoms with Gasteiger partial charge in [-0.1, -0.05) is 10.3 Å². The topological polar surface area (TPSA) is 116 Å². The van der Waals surface area contributed by atoms with Crippen LogP contribution in [0.15, 0.2) is 9.15 Å². The van der Waals surface area contributed by atoms with Crippen LogP contribution >= 0.6 is 0 Å². The van der Waals surface area contributed by atoms with E-state index in [0.717, 1.165) is 0 Å². The Bertz CT molecular complexity index is 579. The molecule has 9 nitrogen and oxygen atoms in total. The molecule has 1 atom stereocenters. The van der Waals surface area contributed by atoms with Crippen molar-refractivity contribution < 1.29 is 18.7 Å². The molecule has 2 heterocycles. The monoisotopic (exact) mass is 281 g/mol. The first-order valence-corrected chi connectivity index (χ1v) is 6.03. The summed E-state index contributed by atoms with van der Waals surface area (Å²) in [4.78, 5) is 16.1. The number of hydrogen-bond acceptors (Lipinski definition) is 8. The van der Waals surface area contributed by atoms with Crippen LogP contribution in [0.2, 0.25) is 0 Å². The number of aryl methyl sites for hydroxylation is 1. The molecule has 0 aliphatic rings. The van der Waals surface area contributed by atoms with Gasteiger partial charge in [-0.15, -0.1) is 0 Å². The molecule has 1 amide bonds. The van der Waals surface area contributed by atoms with Crippen molar-refractivity contribution >= 4 is 5.91 Å². The molecule has 2 aromatic heterocycles. The van der Waals surface area contributed by atoms with E-state index in [1.54, 1.807) is 21.0 Å². The predicted molar refractivity (Wildman–Crippen MR) is 64.8 cm³/mol. The van der Waals surface area contributed by atoms with Crippen LogP contribution in [0.5, 0.6) is 0 Å². The van der Waals surface area contributed by atoms with Crippen LogP contribution in [0.4, 0.5) is 0 Å². The molecule has 0 saturated carbocycles. The minimum Gasteiger partial charge on any atom is -0.384 e. The summed E-state index contributed by atoms with van der Waals surface area (Å²) in [5.74, 6) is 0.439. The lowest BCUT2D eigenvalue weighted by atomic mass is 10.3. The number of ether oxygens (including phenoxy) is 1. The Morgan fingerprint density at radius 3 is 2.85 bits per heavy atom. The van der Waals surface area contributed by atoms with Crippen molar-refractivity contribution in [2.24, 2.45) is 0 Å². The SMILES string of the molecule is COCCc1noc([C@@H](C)NC(=O)c2nonc2C)n1. The zero-order valence-electron chi connectivity index (χ0n) is 11.4. The van der Waals surface area contributed by atoms with Gasteiger partial charge in [0.15, 0.2) is 11.5 Å². The molecular formula is C11H15N5O4. The number of hydrogen-bond donors (Lipinski definition) is 1. The fraction of sp³-hybridized carbons (Fsp3) is 0.545. The summed E-state index contributed by atoms with van der Waals surface area (Å²) < 4.78 is 14.5. The highest BCUT2D eigenvalue weighted by atomic mass is 16.6. The summed E-state index contributed by atoms with van der Waals surface area (Å²) in [7, 11) is 1.60. The Morgan fingerprint density at radius 2 is 2.20 bits per heavy atom. The maximum atomic E-state index is 11.9. The molecule has 0 saturated heterocycles. The zero-order valence-corrected chi connectivity index (χ0v) is 11.4. The quantitative estimate of drug-likeness (QED) is 0.810.